The minimum atomic E-state index is -1.38. The molecule has 0 aliphatic carbocycles. The summed E-state index contributed by atoms with van der Waals surface area (Å²) in [6.07, 6.45) is 3.42. The van der Waals surface area contributed by atoms with Gasteiger partial charge in [-0.2, -0.15) is 0 Å². The zero-order chi connectivity index (χ0) is 23.4. The van der Waals surface area contributed by atoms with E-state index >= 15 is 0 Å². The van der Waals surface area contributed by atoms with E-state index in [1.165, 1.54) is 17.4 Å². The fraction of sp³-hybridized carbons (Fsp3) is 0.500. The van der Waals surface area contributed by atoms with E-state index in [2.05, 4.69) is 20.6 Å². The fourth-order valence-electron chi connectivity index (χ4n) is 3.74. The number of aromatic nitrogens is 2. The highest BCUT2D eigenvalue weighted by Gasteiger charge is 2.40. The molecule has 32 heavy (non-hydrogen) atoms. The molecule has 172 valence electrons. The van der Waals surface area contributed by atoms with Gasteiger partial charge in [-0.05, 0) is 12.8 Å². The summed E-state index contributed by atoms with van der Waals surface area (Å²) in [4.78, 5) is 81.2. The number of carbonyl (C=O) groups is 6. The van der Waals surface area contributed by atoms with Crippen LogP contribution in [0, 0.1) is 0 Å². The highest BCUT2D eigenvalue weighted by molar-refractivity contribution is 6.04. The molecule has 0 aromatic carbocycles. The van der Waals surface area contributed by atoms with Crippen LogP contribution in [0.25, 0.3) is 0 Å². The van der Waals surface area contributed by atoms with Crippen LogP contribution in [0.5, 0.6) is 0 Å². The maximum Gasteiger partial charge on any atom is 0.325 e. The summed E-state index contributed by atoms with van der Waals surface area (Å²) in [6.45, 7) is -0.534. The lowest BCUT2D eigenvalue weighted by atomic mass is 10.1. The molecule has 2 aliphatic rings. The molecule has 2 fully saturated rings. The van der Waals surface area contributed by atoms with E-state index in [-0.39, 0.29) is 6.42 Å². The number of nitrogens with one attached hydrogen (secondary N) is 3. The minimum Gasteiger partial charge on any atom is -0.480 e. The van der Waals surface area contributed by atoms with E-state index in [9.17, 15) is 28.8 Å². The number of imidazole rings is 1. The predicted octanol–water partition coefficient (Wildman–Crippen LogP) is -2.69. The Morgan fingerprint density at radius 2 is 2.06 bits per heavy atom. The van der Waals surface area contributed by atoms with Crippen molar-refractivity contribution in [3.8, 4) is 0 Å². The Hall–Kier alpha value is -3.97. The van der Waals surface area contributed by atoms with Crippen molar-refractivity contribution >= 4 is 35.6 Å². The van der Waals surface area contributed by atoms with Gasteiger partial charge in [0, 0.05) is 24.9 Å². The number of aromatic amines is 1. The summed E-state index contributed by atoms with van der Waals surface area (Å²) < 4.78 is 0. The molecule has 6 amide bonds. The molecule has 0 bridgehead atoms. The predicted molar refractivity (Wildman–Crippen MR) is 104 cm³/mol. The number of imide groups is 1. The van der Waals surface area contributed by atoms with Gasteiger partial charge >= 0.3 is 12.0 Å². The topological polar surface area (TPSA) is 208 Å². The molecule has 3 atom stereocenters. The first kappa shape index (κ1) is 22.7. The second-order valence-electron chi connectivity index (χ2n) is 7.51. The fourth-order valence-corrected chi connectivity index (χ4v) is 3.74. The number of amides is 6. The van der Waals surface area contributed by atoms with E-state index in [0.717, 1.165) is 0 Å². The van der Waals surface area contributed by atoms with Gasteiger partial charge in [0.1, 0.15) is 24.7 Å². The number of carboxylic acids is 1. The monoisotopic (exact) mass is 449 g/mol. The van der Waals surface area contributed by atoms with Gasteiger partial charge in [0.2, 0.25) is 23.6 Å². The summed E-state index contributed by atoms with van der Waals surface area (Å²) in [5, 5.41) is 13.6. The molecule has 2 aliphatic heterocycles. The third-order valence-corrected chi connectivity index (χ3v) is 5.29. The summed E-state index contributed by atoms with van der Waals surface area (Å²) in [6, 6.07) is -4.22. The average Bonchev–Trinajstić information content (AvgIpc) is 3.41. The zero-order valence-electron chi connectivity index (χ0n) is 16.9. The average molecular weight is 449 g/mol. The third kappa shape index (κ3) is 5.01. The minimum absolute atomic E-state index is 0.0201. The number of carbonyl (C=O) groups excluding carboxylic acids is 5. The number of hydrogen-bond donors (Lipinski definition) is 5. The van der Waals surface area contributed by atoms with Crippen molar-refractivity contribution in [1.82, 2.24) is 30.4 Å². The number of urea groups is 1. The smallest absolute Gasteiger partial charge is 0.325 e. The molecule has 1 aromatic rings. The third-order valence-electron chi connectivity index (χ3n) is 5.29. The van der Waals surface area contributed by atoms with Crippen molar-refractivity contribution in [2.75, 3.05) is 13.1 Å². The first-order chi connectivity index (χ1) is 15.2. The van der Waals surface area contributed by atoms with Gasteiger partial charge in [-0.3, -0.25) is 28.9 Å². The standard InChI is InChI=1S/C18H23N7O7/c19-15(29)12-2-1-3-24(12)17(31)11(4-9-6-20-8-21-9)22-16(30)10-5-13(26)25(7-14(27)28)18(32)23-10/h6,8,10-12H,1-5,7H2,(H2,19,29)(H,20,21)(H,22,30)(H,23,32)(H,27,28)/t10-,11-,12-/m0/s1. The van der Waals surface area contributed by atoms with Crippen LogP contribution in [-0.4, -0.2) is 91.7 Å². The van der Waals surface area contributed by atoms with Crippen LogP contribution in [0.15, 0.2) is 12.5 Å². The number of likely N-dealkylation sites (tertiary alicyclic amines) is 1. The van der Waals surface area contributed by atoms with Crippen molar-refractivity contribution < 1.29 is 33.9 Å². The molecule has 14 nitrogen and oxygen atoms in total. The molecule has 2 saturated heterocycles. The molecule has 1 aromatic heterocycles. The quantitative estimate of drug-likeness (QED) is 0.281. The van der Waals surface area contributed by atoms with Crippen molar-refractivity contribution in [1.29, 1.82) is 0 Å². The number of nitrogens with two attached hydrogens (primary N) is 1. The van der Waals surface area contributed by atoms with Gasteiger partial charge in [0.15, 0.2) is 0 Å². The molecule has 0 saturated carbocycles. The van der Waals surface area contributed by atoms with E-state index in [0.29, 0.717) is 30.0 Å². The first-order valence-corrected chi connectivity index (χ1v) is 9.87. The second-order valence-corrected chi connectivity index (χ2v) is 7.51. The van der Waals surface area contributed by atoms with Crippen LogP contribution in [0.3, 0.4) is 0 Å². The Morgan fingerprint density at radius 3 is 2.66 bits per heavy atom. The zero-order valence-corrected chi connectivity index (χ0v) is 16.9. The molecule has 6 N–H and O–H groups in total. The lowest BCUT2D eigenvalue weighted by Crippen LogP contribution is -2.62. The molecular formula is C18H23N7O7. The molecule has 0 radical (unpaired) electrons. The number of nitrogens with zero attached hydrogens (tertiary/aromatic N) is 3. The Balaban J connectivity index is 1.73. The molecular weight excluding hydrogens is 426 g/mol. The molecule has 0 spiro atoms. The van der Waals surface area contributed by atoms with Gasteiger partial charge in [0.05, 0.1) is 12.7 Å². The second kappa shape index (κ2) is 9.45. The molecule has 3 heterocycles. The van der Waals surface area contributed by atoms with Crippen molar-refractivity contribution in [2.24, 2.45) is 5.73 Å². The van der Waals surface area contributed by atoms with E-state index in [4.69, 9.17) is 10.8 Å². The molecule has 0 unspecified atom stereocenters. The number of aliphatic carboxylic acids is 1. The van der Waals surface area contributed by atoms with Crippen molar-refractivity contribution in [2.45, 2.75) is 43.8 Å². The van der Waals surface area contributed by atoms with Gasteiger partial charge in [-0.25, -0.2) is 9.78 Å². The lowest BCUT2D eigenvalue weighted by Gasteiger charge is -2.32. The van der Waals surface area contributed by atoms with Crippen LogP contribution < -0.4 is 16.4 Å². The Labute approximate surface area is 181 Å². The van der Waals surface area contributed by atoms with Crippen LogP contribution in [-0.2, 0) is 30.4 Å². The van der Waals surface area contributed by atoms with E-state index in [1.54, 1.807) is 0 Å². The summed E-state index contributed by atoms with van der Waals surface area (Å²) >= 11 is 0. The highest BCUT2D eigenvalue weighted by atomic mass is 16.4. The summed E-state index contributed by atoms with van der Waals surface area (Å²) in [5.41, 5.74) is 5.93. The van der Waals surface area contributed by atoms with E-state index < -0.39 is 66.7 Å². The number of rotatable bonds is 8. The number of hydrogen-bond acceptors (Lipinski definition) is 7. The van der Waals surface area contributed by atoms with Gasteiger partial charge in [-0.1, -0.05) is 0 Å². The summed E-state index contributed by atoms with van der Waals surface area (Å²) in [5.74, 6) is -4.19. The van der Waals surface area contributed by atoms with Crippen molar-refractivity contribution in [3.05, 3.63) is 18.2 Å². The number of H-pyrrole nitrogens is 1. The Bertz CT molecular complexity index is 914. The van der Waals surface area contributed by atoms with E-state index in [1.807, 2.05) is 0 Å². The van der Waals surface area contributed by atoms with Crippen LogP contribution >= 0.6 is 0 Å². The van der Waals surface area contributed by atoms with Crippen LogP contribution in [0.2, 0.25) is 0 Å². The first-order valence-electron chi connectivity index (χ1n) is 9.87. The van der Waals surface area contributed by atoms with Gasteiger partial charge < -0.3 is 31.4 Å². The normalized spacial score (nSPS) is 21.8. The maximum absolute atomic E-state index is 13.1. The largest absolute Gasteiger partial charge is 0.480 e. The maximum atomic E-state index is 13.1. The highest BCUT2D eigenvalue weighted by Crippen LogP contribution is 2.19. The molecule has 14 heteroatoms. The number of primary amides is 1. The summed E-state index contributed by atoms with van der Waals surface area (Å²) in [7, 11) is 0. The molecule has 3 rings (SSSR count). The lowest BCUT2D eigenvalue weighted by molar-refractivity contribution is -0.144. The van der Waals surface area contributed by atoms with Gasteiger partial charge in [-0.15, -0.1) is 0 Å². The van der Waals surface area contributed by atoms with Gasteiger partial charge in [0.25, 0.3) is 0 Å². The number of carboxylic acid groups (broad SMARTS) is 1. The van der Waals surface area contributed by atoms with Crippen LogP contribution in [0.4, 0.5) is 4.79 Å². The Kier molecular flexibility index (Phi) is 6.70. The van der Waals surface area contributed by atoms with Crippen molar-refractivity contribution in [3.63, 3.8) is 0 Å². The Morgan fingerprint density at radius 1 is 1.31 bits per heavy atom. The SMILES string of the molecule is NC(=O)[C@@H]1CCCN1C(=O)[C@H](Cc1cnc[nH]1)NC(=O)[C@@H]1CC(=O)N(CC(=O)O)C(=O)N1. The van der Waals surface area contributed by atoms with Crippen LogP contribution in [0.1, 0.15) is 25.0 Å².